The van der Waals surface area contributed by atoms with Crippen molar-refractivity contribution < 1.29 is 9.32 Å². The Bertz CT molecular complexity index is 879. The van der Waals surface area contributed by atoms with Crippen molar-refractivity contribution in [3.63, 3.8) is 0 Å². The molecule has 0 aliphatic carbocycles. The highest BCUT2D eigenvalue weighted by atomic mass is 32.2. The average Bonchev–Trinajstić information content (AvgIpc) is 3.27. The van der Waals surface area contributed by atoms with Crippen LogP contribution in [0.5, 0.6) is 5.75 Å². The molecule has 0 saturated heterocycles. The van der Waals surface area contributed by atoms with E-state index in [0.29, 0.717) is 17.3 Å². The first kappa shape index (κ1) is 27.8. The molecule has 2 heterocycles. The highest BCUT2D eigenvalue weighted by Crippen LogP contribution is 2.38. The van der Waals surface area contributed by atoms with Gasteiger partial charge in [0, 0.05) is 21.7 Å². The van der Waals surface area contributed by atoms with Crippen molar-refractivity contribution >= 4 is 51.0 Å². The Morgan fingerprint density at radius 3 is 2.37 bits per heavy atom. The van der Waals surface area contributed by atoms with Gasteiger partial charge in [0.25, 0.3) is 0 Å². The molecule has 1 atom stereocenters. The molecule has 0 aliphatic heterocycles. The van der Waals surface area contributed by atoms with Crippen LogP contribution in [-0.4, -0.2) is 27.5 Å². The number of aromatic hydroxyl groups is 1. The maximum atomic E-state index is 11.9. The standard InChI is InChI=1S/C14H19N5O2S3.C4H10.C2H2/c1-3-18-24(21)14-11(20)10(7-22-14)19-13(16)12(15)17-6-9-5-4-8(2)23-9;1-4(2)3;1-2/h4-5,7,18,20H,3,6H2,1-2H3,(H2,15,17)(H2,16,19);4H,1-3H3;1-2H. The van der Waals surface area contributed by atoms with E-state index in [1.807, 2.05) is 26.0 Å². The van der Waals surface area contributed by atoms with Gasteiger partial charge in [0.1, 0.15) is 16.7 Å². The molecule has 0 bridgehead atoms. The summed E-state index contributed by atoms with van der Waals surface area (Å²) in [5.74, 6) is 0.780. The number of aryl methyl sites for hydroxylation is 1. The fourth-order valence-electron chi connectivity index (χ4n) is 1.73. The van der Waals surface area contributed by atoms with Gasteiger partial charge in [-0.1, -0.05) is 27.7 Å². The largest absolute Gasteiger partial charge is 0.504 e. The highest BCUT2D eigenvalue weighted by molar-refractivity contribution is 7.85. The zero-order chi connectivity index (χ0) is 23.3. The smallest absolute Gasteiger partial charge is 0.170 e. The van der Waals surface area contributed by atoms with Gasteiger partial charge in [0.05, 0.1) is 6.54 Å². The van der Waals surface area contributed by atoms with Crippen molar-refractivity contribution in [2.45, 2.75) is 45.4 Å². The number of terminal acetylenes is 1. The van der Waals surface area contributed by atoms with Crippen molar-refractivity contribution in [3.05, 3.63) is 27.3 Å². The van der Waals surface area contributed by atoms with Crippen LogP contribution in [0.4, 0.5) is 5.69 Å². The van der Waals surface area contributed by atoms with Gasteiger partial charge in [-0.3, -0.25) is 4.99 Å². The van der Waals surface area contributed by atoms with Gasteiger partial charge < -0.3 is 16.6 Å². The molecule has 0 spiro atoms. The van der Waals surface area contributed by atoms with Crippen LogP contribution in [0, 0.1) is 25.7 Å². The number of amidine groups is 2. The molecule has 2 rings (SSSR count). The predicted octanol–water partition coefficient (Wildman–Crippen LogP) is 3.91. The van der Waals surface area contributed by atoms with Crippen LogP contribution in [0.1, 0.15) is 37.4 Å². The molecule has 0 saturated carbocycles. The second-order valence-electron chi connectivity index (χ2n) is 6.47. The monoisotopic (exact) mass is 469 g/mol. The fourth-order valence-corrected chi connectivity index (χ4v) is 4.49. The zero-order valence-corrected chi connectivity index (χ0v) is 20.5. The third kappa shape index (κ3) is 10.0. The molecule has 0 aliphatic rings. The molecular weight excluding hydrogens is 438 g/mol. The Morgan fingerprint density at radius 1 is 1.27 bits per heavy atom. The SMILES string of the molecule is C#C.CC(C)C.CCNS(=O)c1scc(N=C(N)C(N)=NCc2ccc(C)s2)c1O. The van der Waals surface area contributed by atoms with Crippen molar-refractivity contribution in [3.8, 4) is 18.6 Å². The summed E-state index contributed by atoms with van der Waals surface area (Å²) in [6.07, 6.45) is 8.00. The number of aliphatic imine (C=N–C) groups is 2. The van der Waals surface area contributed by atoms with E-state index in [0.717, 1.165) is 22.1 Å². The van der Waals surface area contributed by atoms with Gasteiger partial charge in [0.2, 0.25) is 0 Å². The van der Waals surface area contributed by atoms with E-state index in [1.165, 1.54) is 4.88 Å². The molecule has 166 valence electrons. The summed E-state index contributed by atoms with van der Waals surface area (Å²) in [5.41, 5.74) is 11.9. The summed E-state index contributed by atoms with van der Waals surface area (Å²) in [6.45, 7) is 11.3. The number of hydrogen-bond donors (Lipinski definition) is 4. The van der Waals surface area contributed by atoms with E-state index in [9.17, 15) is 9.32 Å². The van der Waals surface area contributed by atoms with Crippen molar-refractivity contribution in [1.29, 1.82) is 0 Å². The van der Waals surface area contributed by atoms with E-state index >= 15 is 0 Å². The minimum atomic E-state index is -1.48. The van der Waals surface area contributed by atoms with Gasteiger partial charge in [0.15, 0.2) is 21.6 Å². The fraction of sp³-hybridized carbons (Fsp3) is 0.400. The Kier molecular flexibility index (Phi) is 13.7. The average molecular weight is 470 g/mol. The molecule has 0 aromatic carbocycles. The molecule has 0 fully saturated rings. The number of nitrogens with one attached hydrogen (secondary N) is 1. The number of thiophene rings is 2. The molecule has 10 heteroatoms. The summed E-state index contributed by atoms with van der Waals surface area (Å²) in [7, 11) is -1.48. The van der Waals surface area contributed by atoms with Gasteiger partial charge in [-0.05, 0) is 25.0 Å². The molecule has 2 aromatic rings. The van der Waals surface area contributed by atoms with E-state index in [-0.39, 0.29) is 23.1 Å². The van der Waals surface area contributed by atoms with Crippen LogP contribution in [0.25, 0.3) is 0 Å². The maximum Gasteiger partial charge on any atom is 0.170 e. The predicted molar refractivity (Wildman–Crippen MR) is 132 cm³/mol. The van der Waals surface area contributed by atoms with Gasteiger partial charge in [-0.2, -0.15) is 0 Å². The van der Waals surface area contributed by atoms with Crippen LogP contribution < -0.4 is 16.2 Å². The summed E-state index contributed by atoms with van der Waals surface area (Å²) >= 11 is 2.77. The van der Waals surface area contributed by atoms with E-state index in [2.05, 4.69) is 48.3 Å². The second-order valence-corrected chi connectivity index (χ2v) is 10.2. The quantitative estimate of drug-likeness (QED) is 0.291. The van der Waals surface area contributed by atoms with Gasteiger partial charge in [-0.25, -0.2) is 13.9 Å². The third-order valence-corrected chi connectivity index (χ3v) is 6.42. The van der Waals surface area contributed by atoms with E-state index in [1.54, 1.807) is 16.7 Å². The van der Waals surface area contributed by atoms with Gasteiger partial charge >= 0.3 is 0 Å². The Balaban J connectivity index is 0.00000125. The first-order valence-corrected chi connectivity index (χ1v) is 12.0. The number of nitrogens with zero attached hydrogens (tertiary/aromatic N) is 2. The van der Waals surface area contributed by atoms with Crippen LogP contribution in [0.2, 0.25) is 0 Å². The van der Waals surface area contributed by atoms with E-state index < -0.39 is 11.0 Å². The van der Waals surface area contributed by atoms with Crippen molar-refractivity contribution in [2.75, 3.05) is 6.54 Å². The van der Waals surface area contributed by atoms with Crippen molar-refractivity contribution in [2.24, 2.45) is 27.4 Å². The Labute approximate surface area is 189 Å². The zero-order valence-electron chi connectivity index (χ0n) is 18.0. The molecule has 0 amide bonds. The normalized spacial score (nSPS) is 12.5. The topological polar surface area (TPSA) is 126 Å². The Hall–Kier alpha value is -2.19. The second kappa shape index (κ2) is 14.7. The lowest BCUT2D eigenvalue weighted by molar-refractivity contribution is 0.467. The first-order valence-electron chi connectivity index (χ1n) is 9.14. The molecular formula is C20H31N5O2S3. The molecule has 30 heavy (non-hydrogen) atoms. The summed E-state index contributed by atoms with van der Waals surface area (Å²) < 4.78 is 14.9. The number of rotatable bonds is 6. The molecule has 6 N–H and O–H groups in total. The molecule has 1 unspecified atom stereocenters. The van der Waals surface area contributed by atoms with Crippen LogP contribution in [0.15, 0.2) is 31.7 Å². The minimum Gasteiger partial charge on any atom is -0.504 e. The molecule has 0 radical (unpaired) electrons. The molecule has 2 aromatic heterocycles. The summed E-state index contributed by atoms with van der Waals surface area (Å²) in [5, 5.41) is 11.7. The Morgan fingerprint density at radius 2 is 1.87 bits per heavy atom. The van der Waals surface area contributed by atoms with Crippen LogP contribution >= 0.6 is 22.7 Å². The first-order chi connectivity index (χ1) is 14.1. The number of hydrogen-bond acceptors (Lipinski definition) is 6. The van der Waals surface area contributed by atoms with E-state index in [4.69, 9.17) is 11.5 Å². The highest BCUT2D eigenvalue weighted by Gasteiger charge is 2.16. The van der Waals surface area contributed by atoms with Crippen LogP contribution in [0.3, 0.4) is 0 Å². The summed E-state index contributed by atoms with van der Waals surface area (Å²) in [4.78, 5) is 10.6. The lowest BCUT2D eigenvalue weighted by Crippen LogP contribution is -2.31. The van der Waals surface area contributed by atoms with Gasteiger partial charge in [-0.15, -0.1) is 35.5 Å². The van der Waals surface area contributed by atoms with Crippen molar-refractivity contribution in [1.82, 2.24) is 4.72 Å². The minimum absolute atomic E-state index is 0.0113. The maximum absolute atomic E-state index is 11.9. The molecule has 7 nitrogen and oxygen atoms in total. The lowest BCUT2D eigenvalue weighted by Gasteiger charge is -2.01. The number of nitrogens with two attached hydrogens (primary N) is 2. The summed E-state index contributed by atoms with van der Waals surface area (Å²) in [6, 6.07) is 4.00. The van der Waals surface area contributed by atoms with Crippen LogP contribution in [-0.2, 0) is 17.5 Å². The lowest BCUT2D eigenvalue weighted by atomic mass is 10.3. The third-order valence-electron chi connectivity index (χ3n) is 2.86.